The molecule has 31 heavy (non-hydrogen) atoms. The number of carbonyl (C=O) groups excluding carboxylic acids is 1. The number of ether oxygens (including phenoxy) is 1. The van der Waals surface area contributed by atoms with Crippen molar-refractivity contribution in [2.24, 2.45) is 13.0 Å². The number of aryl methyl sites for hydroxylation is 1. The number of piperidine rings is 1. The van der Waals surface area contributed by atoms with E-state index in [-0.39, 0.29) is 31.1 Å². The van der Waals surface area contributed by atoms with E-state index in [1.165, 1.54) is 22.2 Å². The van der Waals surface area contributed by atoms with Crippen LogP contribution >= 0.6 is 22.9 Å². The molecule has 4 heterocycles. The van der Waals surface area contributed by atoms with Crippen LogP contribution in [0.1, 0.15) is 54.0 Å². The van der Waals surface area contributed by atoms with Crippen LogP contribution in [0.3, 0.4) is 0 Å². The first-order valence-corrected chi connectivity index (χ1v) is 11.2. The SMILES string of the molecule is Cn1cc([C@@H]2C[C@]3(C[C@H](C4CC4)N2C(=O)C(F)(F)F)OC[C@@H](O)c2cc(Cl)sc23)nn1. The quantitative estimate of drug-likeness (QED) is 0.717. The van der Waals surface area contributed by atoms with Gasteiger partial charge < -0.3 is 14.7 Å². The Kier molecular flexibility index (Phi) is 4.89. The van der Waals surface area contributed by atoms with Crippen molar-refractivity contribution in [3.63, 3.8) is 0 Å². The number of aliphatic hydroxyl groups excluding tert-OH is 1. The van der Waals surface area contributed by atoms with Crippen LogP contribution in [0.15, 0.2) is 12.3 Å². The molecule has 0 unspecified atom stereocenters. The second-order valence-electron chi connectivity index (χ2n) is 8.51. The topological polar surface area (TPSA) is 80.5 Å². The lowest BCUT2D eigenvalue weighted by atomic mass is 9.76. The van der Waals surface area contributed by atoms with E-state index < -0.39 is 35.9 Å². The maximum absolute atomic E-state index is 13.6. The number of aromatic nitrogens is 3. The number of carbonyl (C=O) groups is 1. The van der Waals surface area contributed by atoms with Gasteiger partial charge in [-0.1, -0.05) is 16.8 Å². The fourth-order valence-corrected chi connectivity index (χ4v) is 6.37. The van der Waals surface area contributed by atoms with Gasteiger partial charge in [-0.3, -0.25) is 9.48 Å². The summed E-state index contributed by atoms with van der Waals surface area (Å²) in [4.78, 5) is 14.2. The van der Waals surface area contributed by atoms with E-state index in [0.29, 0.717) is 9.90 Å². The molecular formula is C19H20ClF3N4O3S. The first-order chi connectivity index (χ1) is 14.6. The third kappa shape index (κ3) is 3.55. The van der Waals surface area contributed by atoms with Crippen molar-refractivity contribution in [3.8, 4) is 0 Å². The number of aliphatic hydroxyl groups is 1. The molecule has 3 aliphatic rings. The van der Waals surface area contributed by atoms with Crippen LogP contribution in [-0.4, -0.2) is 49.7 Å². The minimum absolute atomic E-state index is 0.0118. The number of alkyl halides is 3. The molecule has 2 aromatic rings. The summed E-state index contributed by atoms with van der Waals surface area (Å²) in [6.45, 7) is 0.0118. The van der Waals surface area contributed by atoms with Crippen LogP contribution in [0.5, 0.6) is 0 Å². The Morgan fingerprint density at radius 2 is 2.13 bits per heavy atom. The molecule has 1 amide bonds. The number of hydrogen-bond acceptors (Lipinski definition) is 6. The predicted octanol–water partition coefficient (Wildman–Crippen LogP) is 3.49. The lowest BCUT2D eigenvalue weighted by Gasteiger charge is -2.52. The minimum Gasteiger partial charge on any atom is -0.386 e. The van der Waals surface area contributed by atoms with Gasteiger partial charge in [0.2, 0.25) is 0 Å². The fourth-order valence-electron chi connectivity index (χ4n) is 4.91. The molecule has 2 aliphatic heterocycles. The van der Waals surface area contributed by atoms with Gasteiger partial charge in [0, 0.05) is 36.4 Å². The van der Waals surface area contributed by atoms with Gasteiger partial charge in [0.25, 0.3) is 0 Å². The first kappa shape index (κ1) is 21.2. The highest BCUT2D eigenvalue weighted by atomic mass is 35.5. The van der Waals surface area contributed by atoms with Gasteiger partial charge in [0.1, 0.15) is 17.4 Å². The largest absolute Gasteiger partial charge is 0.471 e. The number of fused-ring (bicyclic) bond motifs is 2. The number of amides is 1. The number of nitrogens with zero attached hydrogens (tertiary/aromatic N) is 4. The second-order valence-corrected chi connectivity index (χ2v) is 10.2. The van der Waals surface area contributed by atoms with E-state index in [1.807, 2.05) is 0 Å². The Labute approximate surface area is 184 Å². The van der Waals surface area contributed by atoms with Crippen molar-refractivity contribution in [2.75, 3.05) is 6.61 Å². The molecule has 12 heteroatoms. The Hall–Kier alpha value is -1.69. The standard InChI is InChI=1S/C19H20ClF3N4O3S/c1-26-7-11(24-25-26)13-6-18(16-10(4-15(20)31-16)14(28)8-30-18)5-12(9-2-3-9)27(13)17(29)19(21,22)23/h4,7,9,12-14,28H,2-3,5-6,8H2,1H3/t12-,13+,14-,18+/m1/s1. The lowest BCUT2D eigenvalue weighted by Crippen LogP contribution is -2.58. The van der Waals surface area contributed by atoms with Gasteiger partial charge >= 0.3 is 12.1 Å². The summed E-state index contributed by atoms with van der Waals surface area (Å²) < 4.78 is 48.8. The second kappa shape index (κ2) is 7.16. The predicted molar refractivity (Wildman–Crippen MR) is 104 cm³/mol. The van der Waals surface area contributed by atoms with Gasteiger partial charge in [0.05, 0.1) is 23.2 Å². The lowest BCUT2D eigenvalue weighted by molar-refractivity contribution is -0.206. The summed E-state index contributed by atoms with van der Waals surface area (Å²) in [6, 6.07) is 0.0534. The molecule has 168 valence electrons. The van der Waals surface area contributed by atoms with Gasteiger partial charge in [-0.15, -0.1) is 16.4 Å². The zero-order valence-corrected chi connectivity index (χ0v) is 18.0. The molecule has 1 saturated heterocycles. The summed E-state index contributed by atoms with van der Waals surface area (Å²) in [7, 11) is 1.62. The van der Waals surface area contributed by atoms with Crippen LogP contribution in [0.2, 0.25) is 4.34 Å². The highest BCUT2D eigenvalue weighted by molar-refractivity contribution is 7.16. The smallest absolute Gasteiger partial charge is 0.386 e. The summed E-state index contributed by atoms with van der Waals surface area (Å²) in [5, 5.41) is 18.3. The van der Waals surface area contributed by atoms with E-state index in [9.17, 15) is 23.1 Å². The third-order valence-electron chi connectivity index (χ3n) is 6.38. The number of rotatable bonds is 2. The normalized spacial score (nSPS) is 31.2. The molecule has 1 saturated carbocycles. The maximum Gasteiger partial charge on any atom is 0.471 e. The average Bonchev–Trinajstić information content (AvgIpc) is 3.33. The maximum atomic E-state index is 13.6. The van der Waals surface area contributed by atoms with E-state index >= 15 is 0 Å². The molecule has 7 nitrogen and oxygen atoms in total. The molecule has 2 aromatic heterocycles. The Bertz CT molecular complexity index is 1020. The van der Waals surface area contributed by atoms with Crippen molar-refractivity contribution in [1.82, 2.24) is 19.9 Å². The molecule has 4 atom stereocenters. The highest BCUT2D eigenvalue weighted by Crippen LogP contribution is 2.57. The number of likely N-dealkylation sites (tertiary alicyclic amines) is 1. The number of hydrogen-bond donors (Lipinski definition) is 1. The van der Waals surface area contributed by atoms with Crippen molar-refractivity contribution in [2.45, 2.75) is 55.6 Å². The van der Waals surface area contributed by atoms with Crippen LogP contribution in [-0.2, 0) is 22.2 Å². The van der Waals surface area contributed by atoms with E-state index in [0.717, 1.165) is 22.6 Å². The molecule has 0 aromatic carbocycles. The molecular weight excluding hydrogens is 457 g/mol. The summed E-state index contributed by atoms with van der Waals surface area (Å²) >= 11 is 7.50. The molecule has 5 rings (SSSR count). The molecule has 1 N–H and O–H groups in total. The monoisotopic (exact) mass is 476 g/mol. The van der Waals surface area contributed by atoms with E-state index in [2.05, 4.69) is 10.3 Å². The van der Waals surface area contributed by atoms with Gasteiger partial charge in [0.15, 0.2) is 0 Å². The van der Waals surface area contributed by atoms with Crippen LogP contribution in [0, 0.1) is 5.92 Å². The molecule has 0 bridgehead atoms. The first-order valence-electron chi connectivity index (χ1n) is 9.96. The van der Waals surface area contributed by atoms with Gasteiger partial charge in [-0.05, 0) is 24.8 Å². The molecule has 1 aliphatic carbocycles. The fraction of sp³-hybridized carbons (Fsp3) is 0.632. The van der Waals surface area contributed by atoms with Crippen LogP contribution in [0.4, 0.5) is 13.2 Å². The highest BCUT2D eigenvalue weighted by Gasteiger charge is 2.59. The van der Waals surface area contributed by atoms with E-state index in [4.69, 9.17) is 16.3 Å². The zero-order chi connectivity index (χ0) is 22.1. The summed E-state index contributed by atoms with van der Waals surface area (Å²) in [6.07, 6.45) is -2.54. The Balaban J connectivity index is 1.64. The molecule has 2 fully saturated rings. The van der Waals surface area contributed by atoms with Crippen molar-refractivity contribution in [1.29, 1.82) is 0 Å². The van der Waals surface area contributed by atoms with Crippen molar-refractivity contribution in [3.05, 3.63) is 32.7 Å². The summed E-state index contributed by atoms with van der Waals surface area (Å²) in [5.74, 6) is -1.91. The number of thiophene rings is 1. The average molecular weight is 477 g/mol. The summed E-state index contributed by atoms with van der Waals surface area (Å²) in [5.41, 5.74) is -0.0301. The Morgan fingerprint density at radius 1 is 1.39 bits per heavy atom. The van der Waals surface area contributed by atoms with Gasteiger partial charge in [-0.25, -0.2) is 0 Å². The van der Waals surface area contributed by atoms with Crippen molar-refractivity contribution < 1.29 is 27.8 Å². The third-order valence-corrected chi connectivity index (χ3v) is 7.85. The van der Waals surface area contributed by atoms with Crippen molar-refractivity contribution >= 4 is 28.8 Å². The van der Waals surface area contributed by atoms with E-state index in [1.54, 1.807) is 13.1 Å². The zero-order valence-electron chi connectivity index (χ0n) is 16.5. The van der Waals surface area contributed by atoms with Crippen LogP contribution < -0.4 is 0 Å². The number of halogens is 4. The molecule has 0 radical (unpaired) electrons. The minimum atomic E-state index is -5.00. The van der Waals surface area contributed by atoms with Crippen LogP contribution in [0.25, 0.3) is 0 Å². The van der Waals surface area contributed by atoms with Gasteiger partial charge in [-0.2, -0.15) is 13.2 Å². The molecule has 1 spiro atoms. The Morgan fingerprint density at radius 3 is 2.74 bits per heavy atom.